The number of aromatic nitrogens is 3. The largest absolute Gasteiger partial charge is 0.346 e. The van der Waals surface area contributed by atoms with Crippen LogP contribution in [0.2, 0.25) is 0 Å². The predicted molar refractivity (Wildman–Crippen MR) is 76.8 cm³/mol. The van der Waals surface area contributed by atoms with Crippen molar-refractivity contribution in [1.82, 2.24) is 15.0 Å². The molecule has 0 radical (unpaired) electrons. The average molecular weight is 263 g/mol. The zero-order chi connectivity index (χ0) is 13.5. The number of aromatic amines is 1. The average Bonchev–Trinajstić information content (AvgIpc) is 2.94. The Morgan fingerprint density at radius 2 is 1.70 bits per heavy atom. The van der Waals surface area contributed by atoms with Gasteiger partial charge in [0, 0.05) is 40.5 Å². The van der Waals surface area contributed by atoms with E-state index in [-0.39, 0.29) is 5.82 Å². The van der Waals surface area contributed by atoms with Gasteiger partial charge in [0.2, 0.25) is 0 Å². The first-order valence-corrected chi connectivity index (χ1v) is 6.29. The Kier molecular flexibility index (Phi) is 2.29. The Morgan fingerprint density at radius 1 is 0.900 bits per heavy atom. The first-order valence-electron chi connectivity index (χ1n) is 6.29. The number of hydrogen-bond donors (Lipinski definition) is 1. The number of H-pyrrole nitrogens is 1. The summed E-state index contributed by atoms with van der Waals surface area (Å²) in [4.78, 5) is 11.6. The molecule has 96 valence electrons. The number of para-hydroxylation sites is 1. The monoisotopic (exact) mass is 263 g/mol. The number of pyridine rings is 2. The summed E-state index contributed by atoms with van der Waals surface area (Å²) < 4.78 is 13.6. The van der Waals surface area contributed by atoms with Gasteiger partial charge in [-0.2, -0.15) is 0 Å². The van der Waals surface area contributed by atoms with E-state index in [0.717, 1.165) is 27.5 Å². The van der Waals surface area contributed by atoms with E-state index in [4.69, 9.17) is 0 Å². The molecule has 0 saturated carbocycles. The van der Waals surface area contributed by atoms with Gasteiger partial charge >= 0.3 is 0 Å². The van der Waals surface area contributed by atoms with E-state index < -0.39 is 0 Å². The third kappa shape index (κ3) is 1.66. The van der Waals surface area contributed by atoms with E-state index in [2.05, 4.69) is 15.0 Å². The first-order chi connectivity index (χ1) is 9.81. The highest BCUT2D eigenvalue weighted by atomic mass is 19.1. The molecule has 0 spiro atoms. The number of nitrogens with zero attached hydrogens (tertiary/aromatic N) is 2. The fourth-order valence-corrected chi connectivity index (χ4v) is 2.38. The van der Waals surface area contributed by atoms with Gasteiger partial charge in [0.05, 0.1) is 0 Å². The van der Waals surface area contributed by atoms with Gasteiger partial charge in [-0.1, -0.05) is 12.1 Å². The molecule has 4 heteroatoms. The molecule has 20 heavy (non-hydrogen) atoms. The topological polar surface area (TPSA) is 41.6 Å². The van der Waals surface area contributed by atoms with Gasteiger partial charge in [0.1, 0.15) is 17.0 Å². The number of rotatable bonds is 1. The van der Waals surface area contributed by atoms with Crippen molar-refractivity contribution in [2.75, 3.05) is 0 Å². The first kappa shape index (κ1) is 11.1. The van der Waals surface area contributed by atoms with Gasteiger partial charge in [0.15, 0.2) is 0 Å². The zero-order valence-corrected chi connectivity index (χ0v) is 10.5. The van der Waals surface area contributed by atoms with Gasteiger partial charge in [-0.3, -0.25) is 4.98 Å². The van der Waals surface area contributed by atoms with E-state index in [1.807, 2.05) is 30.5 Å². The smallest absolute Gasteiger partial charge is 0.149 e. The second kappa shape index (κ2) is 4.13. The van der Waals surface area contributed by atoms with Crippen LogP contribution in [0.25, 0.3) is 33.1 Å². The predicted octanol–water partition coefficient (Wildman–Crippen LogP) is 3.92. The lowest BCUT2D eigenvalue weighted by Gasteiger charge is -2.04. The van der Waals surface area contributed by atoms with Crippen molar-refractivity contribution in [3.8, 4) is 11.1 Å². The summed E-state index contributed by atoms with van der Waals surface area (Å²) in [5.74, 6) is -0.298. The molecule has 0 atom stereocenters. The molecule has 0 amide bonds. The maximum atomic E-state index is 13.6. The Hall–Kier alpha value is -2.75. The Morgan fingerprint density at radius 3 is 2.60 bits per heavy atom. The van der Waals surface area contributed by atoms with Crippen LogP contribution in [0.4, 0.5) is 4.39 Å². The van der Waals surface area contributed by atoms with Crippen molar-refractivity contribution < 1.29 is 4.39 Å². The number of benzene rings is 1. The highest BCUT2D eigenvalue weighted by Gasteiger charge is 2.06. The molecule has 1 aromatic carbocycles. The van der Waals surface area contributed by atoms with E-state index in [9.17, 15) is 4.39 Å². The van der Waals surface area contributed by atoms with Crippen LogP contribution in [0.5, 0.6) is 0 Å². The fourth-order valence-electron chi connectivity index (χ4n) is 2.38. The lowest BCUT2D eigenvalue weighted by atomic mass is 10.1. The molecule has 0 bridgehead atoms. The highest BCUT2D eigenvalue weighted by molar-refractivity contribution is 5.86. The standard InChI is InChI=1S/C16H10FN3/c17-14-3-1-2-10-6-12(8-19-15(10)14)13-7-11-4-5-18-16(11)20-9-13/h1-9H,(H,18,20). The third-order valence-electron chi connectivity index (χ3n) is 3.40. The van der Waals surface area contributed by atoms with Crippen molar-refractivity contribution >= 4 is 21.9 Å². The summed E-state index contributed by atoms with van der Waals surface area (Å²) in [6, 6.07) is 10.9. The van der Waals surface area contributed by atoms with Gasteiger partial charge in [-0.05, 0) is 24.3 Å². The molecule has 3 heterocycles. The van der Waals surface area contributed by atoms with E-state index in [1.165, 1.54) is 6.07 Å². The molecule has 4 aromatic rings. The van der Waals surface area contributed by atoms with Crippen LogP contribution in [0.15, 0.2) is 55.0 Å². The molecule has 1 N–H and O–H groups in total. The second-order valence-electron chi connectivity index (χ2n) is 4.68. The Bertz CT molecular complexity index is 927. The summed E-state index contributed by atoms with van der Waals surface area (Å²) in [5, 5.41) is 1.83. The maximum absolute atomic E-state index is 13.6. The maximum Gasteiger partial charge on any atom is 0.149 e. The lowest BCUT2D eigenvalue weighted by Crippen LogP contribution is -1.87. The van der Waals surface area contributed by atoms with Gasteiger partial charge in [-0.15, -0.1) is 0 Å². The minimum atomic E-state index is -0.298. The summed E-state index contributed by atoms with van der Waals surface area (Å²) in [7, 11) is 0. The summed E-state index contributed by atoms with van der Waals surface area (Å²) >= 11 is 0. The van der Waals surface area contributed by atoms with E-state index in [0.29, 0.717) is 5.52 Å². The van der Waals surface area contributed by atoms with Crippen molar-refractivity contribution in [3.63, 3.8) is 0 Å². The van der Waals surface area contributed by atoms with Gasteiger partial charge in [-0.25, -0.2) is 9.37 Å². The number of fused-ring (bicyclic) bond motifs is 2. The van der Waals surface area contributed by atoms with Crippen LogP contribution in [-0.2, 0) is 0 Å². The van der Waals surface area contributed by atoms with E-state index in [1.54, 1.807) is 18.5 Å². The quantitative estimate of drug-likeness (QED) is 0.565. The van der Waals surface area contributed by atoms with Gasteiger partial charge in [0.25, 0.3) is 0 Å². The van der Waals surface area contributed by atoms with Crippen molar-refractivity contribution in [1.29, 1.82) is 0 Å². The zero-order valence-electron chi connectivity index (χ0n) is 10.5. The van der Waals surface area contributed by atoms with Crippen LogP contribution in [0.1, 0.15) is 0 Å². The van der Waals surface area contributed by atoms with Crippen LogP contribution in [0.3, 0.4) is 0 Å². The van der Waals surface area contributed by atoms with Crippen molar-refractivity contribution in [2.24, 2.45) is 0 Å². The van der Waals surface area contributed by atoms with E-state index >= 15 is 0 Å². The molecule has 0 aliphatic heterocycles. The minimum absolute atomic E-state index is 0.298. The van der Waals surface area contributed by atoms with Crippen LogP contribution in [-0.4, -0.2) is 15.0 Å². The molecule has 4 rings (SSSR count). The number of nitrogens with one attached hydrogen (secondary N) is 1. The minimum Gasteiger partial charge on any atom is -0.346 e. The molecular weight excluding hydrogens is 253 g/mol. The molecule has 3 aromatic heterocycles. The lowest BCUT2D eigenvalue weighted by molar-refractivity contribution is 0.637. The van der Waals surface area contributed by atoms with Crippen LogP contribution >= 0.6 is 0 Å². The van der Waals surface area contributed by atoms with Crippen LogP contribution < -0.4 is 0 Å². The summed E-state index contributed by atoms with van der Waals surface area (Å²) in [6.07, 6.45) is 5.33. The number of halogens is 1. The second-order valence-corrected chi connectivity index (χ2v) is 4.68. The highest BCUT2D eigenvalue weighted by Crippen LogP contribution is 2.25. The third-order valence-corrected chi connectivity index (χ3v) is 3.40. The molecule has 0 unspecified atom stereocenters. The molecular formula is C16H10FN3. The van der Waals surface area contributed by atoms with Crippen molar-refractivity contribution in [2.45, 2.75) is 0 Å². The molecule has 0 aliphatic carbocycles. The SMILES string of the molecule is Fc1cccc2cc(-c3cnc4[nH]ccc4c3)cnc12. The normalized spacial score (nSPS) is 11.2. The van der Waals surface area contributed by atoms with Crippen molar-refractivity contribution in [3.05, 3.63) is 60.8 Å². The van der Waals surface area contributed by atoms with Crippen LogP contribution in [0, 0.1) is 5.82 Å². The molecule has 0 aliphatic rings. The summed E-state index contributed by atoms with van der Waals surface area (Å²) in [6.45, 7) is 0. The summed E-state index contributed by atoms with van der Waals surface area (Å²) in [5.41, 5.74) is 3.15. The molecule has 3 nitrogen and oxygen atoms in total. The Balaban J connectivity index is 1.92. The molecule has 0 fully saturated rings. The Labute approximate surface area is 114 Å². The molecule has 0 saturated heterocycles. The fraction of sp³-hybridized carbons (Fsp3) is 0. The number of hydrogen-bond acceptors (Lipinski definition) is 2. The van der Waals surface area contributed by atoms with Gasteiger partial charge < -0.3 is 4.98 Å².